The van der Waals surface area contributed by atoms with E-state index < -0.39 is 0 Å². The van der Waals surface area contributed by atoms with Crippen LogP contribution >= 0.6 is 0 Å². The van der Waals surface area contributed by atoms with Gasteiger partial charge < -0.3 is 10.3 Å². The Morgan fingerprint density at radius 1 is 1.10 bits per heavy atom. The molecule has 0 bridgehead atoms. The van der Waals surface area contributed by atoms with Gasteiger partial charge in [0.05, 0.1) is 11.7 Å². The van der Waals surface area contributed by atoms with Gasteiger partial charge in [-0.15, -0.1) is 0 Å². The number of benzene rings is 2. The van der Waals surface area contributed by atoms with Crippen LogP contribution in [0.2, 0.25) is 0 Å². The fourth-order valence-electron chi connectivity index (χ4n) is 3.74. The maximum atomic E-state index is 4.15. The number of unbranched alkanes of at least 4 members (excludes halogenated alkanes) is 1. The van der Waals surface area contributed by atoms with Crippen molar-refractivity contribution in [2.45, 2.75) is 53.5 Å². The summed E-state index contributed by atoms with van der Waals surface area (Å²) in [6, 6.07) is 17.4. The van der Waals surface area contributed by atoms with E-state index in [1.807, 2.05) is 13.1 Å². The van der Waals surface area contributed by atoms with Crippen LogP contribution in [-0.4, -0.2) is 18.6 Å². The van der Waals surface area contributed by atoms with Gasteiger partial charge in [0.15, 0.2) is 0 Å². The van der Waals surface area contributed by atoms with Crippen LogP contribution in [0.15, 0.2) is 84.1 Å². The third-order valence-electron chi connectivity index (χ3n) is 5.69. The van der Waals surface area contributed by atoms with Gasteiger partial charge in [0.1, 0.15) is 0 Å². The maximum Gasteiger partial charge on any atom is 0.0676 e. The van der Waals surface area contributed by atoms with E-state index in [0.717, 1.165) is 30.8 Å². The molecule has 0 saturated carbocycles. The maximum absolute atomic E-state index is 4.15. The zero-order valence-electron chi connectivity index (χ0n) is 20.1. The quantitative estimate of drug-likeness (QED) is 0.302. The molecule has 166 valence electrons. The summed E-state index contributed by atoms with van der Waals surface area (Å²) in [6.07, 6.45) is 6.49. The molecule has 0 aromatic heterocycles. The highest BCUT2D eigenvalue weighted by Crippen LogP contribution is 2.27. The number of nitrogens with one attached hydrogen (secondary N) is 2. The van der Waals surface area contributed by atoms with E-state index in [4.69, 9.17) is 0 Å². The highest BCUT2D eigenvalue weighted by molar-refractivity contribution is 5.49. The van der Waals surface area contributed by atoms with Crippen molar-refractivity contribution in [2.75, 3.05) is 18.9 Å². The largest absolute Gasteiger partial charge is 0.381 e. The van der Waals surface area contributed by atoms with Gasteiger partial charge in [-0.2, -0.15) is 0 Å². The number of nitrogens with zero attached hydrogens (tertiary/aromatic N) is 1. The molecular formula is C28H39N3. The first-order valence-corrected chi connectivity index (χ1v) is 11.3. The number of hydrazine groups is 1. The third-order valence-corrected chi connectivity index (χ3v) is 5.69. The molecule has 0 heterocycles. The minimum absolute atomic E-state index is 0.172. The van der Waals surface area contributed by atoms with Crippen LogP contribution in [0, 0.1) is 13.8 Å². The molecule has 0 radical (unpaired) electrons. The van der Waals surface area contributed by atoms with Crippen molar-refractivity contribution in [2.24, 2.45) is 0 Å². The Morgan fingerprint density at radius 2 is 1.81 bits per heavy atom. The SMILES string of the molecule is C=C/C(=C(C)\C(=C/CCC)CNc1cccc(C)c1)N(NC)C(C)c1ccc(C)cc1. The zero-order valence-corrected chi connectivity index (χ0v) is 20.1. The summed E-state index contributed by atoms with van der Waals surface area (Å²) in [4.78, 5) is 0. The van der Waals surface area contributed by atoms with Gasteiger partial charge in [0.25, 0.3) is 0 Å². The Morgan fingerprint density at radius 3 is 2.39 bits per heavy atom. The second-order valence-electron chi connectivity index (χ2n) is 8.14. The molecule has 0 aliphatic carbocycles. The first-order chi connectivity index (χ1) is 14.9. The monoisotopic (exact) mass is 417 g/mol. The summed E-state index contributed by atoms with van der Waals surface area (Å²) in [6.45, 7) is 15.8. The Balaban J connectivity index is 2.35. The molecule has 2 rings (SSSR count). The van der Waals surface area contributed by atoms with Gasteiger partial charge in [-0.3, -0.25) is 0 Å². The highest BCUT2D eigenvalue weighted by atomic mass is 15.5. The summed E-state index contributed by atoms with van der Waals surface area (Å²) >= 11 is 0. The summed E-state index contributed by atoms with van der Waals surface area (Å²) in [5.41, 5.74) is 12.0. The summed E-state index contributed by atoms with van der Waals surface area (Å²) in [7, 11) is 1.97. The van der Waals surface area contributed by atoms with Crippen molar-refractivity contribution in [1.29, 1.82) is 0 Å². The van der Waals surface area contributed by atoms with E-state index in [1.165, 1.54) is 27.8 Å². The molecule has 31 heavy (non-hydrogen) atoms. The molecular weight excluding hydrogens is 378 g/mol. The van der Waals surface area contributed by atoms with Gasteiger partial charge in [0.2, 0.25) is 0 Å². The van der Waals surface area contributed by atoms with E-state index in [9.17, 15) is 0 Å². The van der Waals surface area contributed by atoms with E-state index in [0.29, 0.717) is 0 Å². The lowest BCUT2D eigenvalue weighted by molar-refractivity contribution is 0.212. The predicted molar refractivity (Wildman–Crippen MR) is 136 cm³/mol. The minimum Gasteiger partial charge on any atom is -0.381 e. The Kier molecular flexibility index (Phi) is 9.61. The normalized spacial score (nSPS) is 13.4. The third kappa shape index (κ3) is 6.86. The Bertz CT molecular complexity index is 906. The Hall–Kier alpha value is -2.78. The van der Waals surface area contributed by atoms with Crippen LogP contribution in [0.5, 0.6) is 0 Å². The molecule has 3 nitrogen and oxygen atoms in total. The van der Waals surface area contributed by atoms with Crippen molar-refractivity contribution < 1.29 is 0 Å². The number of hydrogen-bond donors (Lipinski definition) is 2. The molecule has 1 atom stereocenters. The first kappa shape index (κ1) is 24.5. The lowest BCUT2D eigenvalue weighted by Gasteiger charge is -2.33. The van der Waals surface area contributed by atoms with Crippen LogP contribution in [0.3, 0.4) is 0 Å². The van der Waals surface area contributed by atoms with Gasteiger partial charge in [-0.25, -0.2) is 5.43 Å². The molecule has 0 aliphatic rings. The van der Waals surface area contributed by atoms with E-state index in [1.54, 1.807) is 0 Å². The number of aryl methyl sites for hydroxylation is 2. The van der Waals surface area contributed by atoms with Crippen molar-refractivity contribution in [1.82, 2.24) is 10.4 Å². The lowest BCUT2D eigenvalue weighted by Crippen LogP contribution is -2.37. The summed E-state index contributed by atoms with van der Waals surface area (Å²) in [5.74, 6) is 0. The molecule has 0 spiro atoms. The number of anilines is 1. The van der Waals surface area contributed by atoms with Gasteiger partial charge in [-0.1, -0.05) is 68.0 Å². The van der Waals surface area contributed by atoms with Crippen molar-refractivity contribution in [3.63, 3.8) is 0 Å². The molecule has 3 heteroatoms. The zero-order chi connectivity index (χ0) is 22.8. The van der Waals surface area contributed by atoms with Gasteiger partial charge in [-0.05, 0) is 74.6 Å². The van der Waals surface area contributed by atoms with Crippen molar-refractivity contribution in [3.8, 4) is 0 Å². The molecule has 1 unspecified atom stereocenters. The molecule has 2 aromatic carbocycles. The molecule has 0 amide bonds. The molecule has 0 fully saturated rings. The Labute approximate surface area is 189 Å². The highest BCUT2D eigenvalue weighted by Gasteiger charge is 2.19. The van der Waals surface area contributed by atoms with Crippen LogP contribution in [0.25, 0.3) is 0 Å². The number of hydrogen-bond acceptors (Lipinski definition) is 3. The smallest absolute Gasteiger partial charge is 0.0676 e. The first-order valence-electron chi connectivity index (χ1n) is 11.3. The fraction of sp³-hybridized carbons (Fsp3) is 0.357. The average Bonchev–Trinajstić information content (AvgIpc) is 2.77. The molecule has 2 N–H and O–H groups in total. The van der Waals surface area contributed by atoms with Crippen LogP contribution < -0.4 is 10.7 Å². The summed E-state index contributed by atoms with van der Waals surface area (Å²) < 4.78 is 0. The fourth-order valence-corrected chi connectivity index (χ4v) is 3.74. The van der Waals surface area contributed by atoms with E-state index in [-0.39, 0.29) is 6.04 Å². The minimum atomic E-state index is 0.172. The topological polar surface area (TPSA) is 27.3 Å². The molecule has 0 aliphatic heterocycles. The number of rotatable bonds is 11. The molecule has 0 saturated heterocycles. The second-order valence-corrected chi connectivity index (χ2v) is 8.14. The van der Waals surface area contributed by atoms with E-state index >= 15 is 0 Å². The van der Waals surface area contributed by atoms with Crippen LogP contribution in [0.1, 0.15) is 56.3 Å². The van der Waals surface area contributed by atoms with Crippen molar-refractivity contribution in [3.05, 3.63) is 101 Å². The predicted octanol–water partition coefficient (Wildman–Crippen LogP) is 7.10. The van der Waals surface area contributed by atoms with Crippen LogP contribution in [0.4, 0.5) is 5.69 Å². The van der Waals surface area contributed by atoms with E-state index in [2.05, 4.69) is 112 Å². The number of allylic oxidation sites excluding steroid dienone is 2. The van der Waals surface area contributed by atoms with Crippen LogP contribution in [-0.2, 0) is 0 Å². The van der Waals surface area contributed by atoms with Gasteiger partial charge in [0, 0.05) is 19.3 Å². The molecule has 2 aromatic rings. The standard InChI is InChI=1S/C28H39N3/c1-8-10-13-26(20-30-27-14-11-12-22(4)19-27)23(5)28(9-2)31(29-7)24(6)25-17-15-21(3)16-18-25/h9,11-19,24,29-30H,2,8,10,20H2,1,3-7H3/b26-13-,28-23+. The average molecular weight is 418 g/mol. The lowest BCUT2D eigenvalue weighted by atomic mass is 10.0. The summed E-state index contributed by atoms with van der Waals surface area (Å²) in [5, 5.41) is 5.81. The van der Waals surface area contributed by atoms with Crippen molar-refractivity contribution >= 4 is 5.69 Å². The van der Waals surface area contributed by atoms with Gasteiger partial charge >= 0.3 is 0 Å². The second kappa shape index (κ2) is 12.2.